The number of esters is 1. The lowest BCUT2D eigenvalue weighted by molar-refractivity contribution is -0.149. The van der Waals surface area contributed by atoms with Crippen molar-refractivity contribution in [2.75, 3.05) is 26.7 Å². The first-order valence-corrected chi connectivity index (χ1v) is 7.74. The van der Waals surface area contributed by atoms with Crippen LogP contribution < -0.4 is 5.32 Å². The van der Waals surface area contributed by atoms with Gasteiger partial charge in [0, 0.05) is 33.4 Å². The number of aromatic nitrogens is 2. The Morgan fingerprint density at radius 2 is 2.23 bits per heavy atom. The number of rotatable bonds is 4. The largest absolute Gasteiger partial charge is 0.466 e. The van der Waals surface area contributed by atoms with Gasteiger partial charge in [-0.25, -0.2) is 0 Å². The fraction of sp³-hybridized carbons (Fsp3) is 0.667. The van der Waals surface area contributed by atoms with Gasteiger partial charge in [-0.3, -0.25) is 14.5 Å². The van der Waals surface area contributed by atoms with Crippen molar-refractivity contribution >= 4 is 11.9 Å². The minimum absolute atomic E-state index is 0.0198. The molecule has 1 aromatic rings. The second-order valence-electron chi connectivity index (χ2n) is 5.36. The first-order valence-electron chi connectivity index (χ1n) is 7.74. The number of hydrogen-bond acceptors (Lipinski definition) is 4. The van der Waals surface area contributed by atoms with E-state index < -0.39 is 0 Å². The summed E-state index contributed by atoms with van der Waals surface area (Å²) in [6.07, 6.45) is 3.40. The van der Waals surface area contributed by atoms with Gasteiger partial charge in [-0.2, -0.15) is 5.10 Å². The topological polar surface area (TPSA) is 71.8 Å². The third-order valence-electron chi connectivity index (χ3n) is 3.98. The van der Waals surface area contributed by atoms with Crippen LogP contribution in [0.4, 0.5) is 0 Å². The number of carbonyl (C=O) groups is 1. The van der Waals surface area contributed by atoms with E-state index in [0.29, 0.717) is 13.2 Å². The summed E-state index contributed by atoms with van der Waals surface area (Å²) < 4.78 is 6.94. The molecule has 0 saturated carbocycles. The van der Waals surface area contributed by atoms with Crippen LogP contribution in [0.25, 0.3) is 0 Å². The number of ether oxygens (including phenoxy) is 1. The van der Waals surface area contributed by atoms with Crippen molar-refractivity contribution in [1.29, 1.82) is 0 Å². The molecule has 1 aliphatic rings. The van der Waals surface area contributed by atoms with Crippen LogP contribution >= 0.6 is 0 Å². The molecule has 2 heterocycles. The summed E-state index contributed by atoms with van der Waals surface area (Å²) in [4.78, 5) is 18.3. The molecule has 0 spiro atoms. The lowest BCUT2D eigenvalue weighted by Gasteiger charge is -2.33. The maximum atomic E-state index is 11.8. The zero-order valence-electron chi connectivity index (χ0n) is 13.6. The van der Waals surface area contributed by atoms with Crippen molar-refractivity contribution in [2.45, 2.75) is 26.3 Å². The minimum atomic E-state index is -0.0695. The summed E-state index contributed by atoms with van der Waals surface area (Å²) in [7, 11) is 3.70. The summed E-state index contributed by atoms with van der Waals surface area (Å²) in [6.45, 7) is 4.61. The van der Waals surface area contributed by atoms with Gasteiger partial charge in [0.05, 0.1) is 24.8 Å². The van der Waals surface area contributed by atoms with Gasteiger partial charge in [-0.05, 0) is 25.8 Å². The van der Waals surface area contributed by atoms with Gasteiger partial charge in [-0.15, -0.1) is 0 Å². The highest BCUT2D eigenvalue weighted by Gasteiger charge is 2.27. The molecule has 1 fully saturated rings. The van der Waals surface area contributed by atoms with Gasteiger partial charge < -0.3 is 15.0 Å². The maximum absolute atomic E-state index is 11.8. The second kappa shape index (κ2) is 7.82. The van der Waals surface area contributed by atoms with Crippen molar-refractivity contribution in [2.24, 2.45) is 18.0 Å². The highest BCUT2D eigenvalue weighted by molar-refractivity contribution is 5.80. The van der Waals surface area contributed by atoms with Gasteiger partial charge in [0.1, 0.15) is 0 Å². The summed E-state index contributed by atoms with van der Waals surface area (Å²) in [5.74, 6) is 0.815. The Labute approximate surface area is 131 Å². The molecule has 2 rings (SSSR count). The molecule has 7 heteroatoms. The molecule has 1 saturated heterocycles. The number of likely N-dealkylation sites (tertiary alicyclic amines) is 1. The maximum Gasteiger partial charge on any atom is 0.309 e. The molecule has 0 radical (unpaired) electrons. The Morgan fingerprint density at radius 3 is 2.77 bits per heavy atom. The molecule has 0 aromatic carbocycles. The van der Waals surface area contributed by atoms with Crippen LogP contribution in [-0.2, 0) is 23.1 Å². The van der Waals surface area contributed by atoms with E-state index in [1.54, 1.807) is 13.2 Å². The summed E-state index contributed by atoms with van der Waals surface area (Å²) in [5, 5.41) is 7.50. The molecule has 0 amide bonds. The number of piperidine rings is 1. The van der Waals surface area contributed by atoms with Gasteiger partial charge in [0.25, 0.3) is 0 Å². The van der Waals surface area contributed by atoms with Gasteiger partial charge in [0.15, 0.2) is 5.96 Å². The fourth-order valence-electron chi connectivity index (χ4n) is 2.66. The van der Waals surface area contributed by atoms with Gasteiger partial charge in [-0.1, -0.05) is 0 Å². The van der Waals surface area contributed by atoms with Crippen LogP contribution in [0.5, 0.6) is 0 Å². The monoisotopic (exact) mass is 307 g/mol. The Bertz CT molecular complexity index is 518. The zero-order valence-corrected chi connectivity index (χ0v) is 13.6. The lowest BCUT2D eigenvalue weighted by Crippen LogP contribution is -2.46. The van der Waals surface area contributed by atoms with Gasteiger partial charge in [0.2, 0.25) is 0 Å². The van der Waals surface area contributed by atoms with E-state index >= 15 is 0 Å². The molecule has 1 aliphatic heterocycles. The third-order valence-corrected chi connectivity index (χ3v) is 3.98. The Kier molecular flexibility index (Phi) is 5.80. The number of aliphatic imine (C=N–C) groups is 1. The summed E-state index contributed by atoms with van der Waals surface area (Å²) in [5.41, 5.74) is 1.10. The van der Waals surface area contributed by atoms with Crippen molar-refractivity contribution in [3.63, 3.8) is 0 Å². The van der Waals surface area contributed by atoms with Crippen molar-refractivity contribution in [3.8, 4) is 0 Å². The molecule has 22 heavy (non-hydrogen) atoms. The average Bonchev–Trinajstić information content (AvgIpc) is 2.94. The van der Waals surface area contributed by atoms with Crippen LogP contribution in [-0.4, -0.2) is 53.4 Å². The van der Waals surface area contributed by atoms with Crippen molar-refractivity contribution in [1.82, 2.24) is 20.0 Å². The van der Waals surface area contributed by atoms with E-state index in [1.165, 1.54) is 0 Å². The zero-order chi connectivity index (χ0) is 15.9. The standard InChI is InChI=1S/C15H25N5O2/c1-4-22-14(21)12-6-9-20(10-7-12)15(16-2)17-11-13-5-8-18-19(13)3/h5,8,12H,4,6-7,9-11H2,1-3H3,(H,16,17). The molecule has 0 unspecified atom stereocenters. The molecule has 0 atom stereocenters. The second-order valence-corrected chi connectivity index (χ2v) is 5.36. The predicted octanol–water partition coefficient (Wildman–Crippen LogP) is 0.771. The molecule has 0 bridgehead atoms. The number of carbonyl (C=O) groups excluding carboxylic acids is 1. The molecule has 1 N–H and O–H groups in total. The number of nitrogens with zero attached hydrogens (tertiary/aromatic N) is 4. The van der Waals surface area contributed by atoms with E-state index in [0.717, 1.165) is 37.6 Å². The average molecular weight is 307 g/mol. The number of hydrogen-bond donors (Lipinski definition) is 1. The lowest BCUT2D eigenvalue weighted by atomic mass is 9.97. The molecule has 1 aromatic heterocycles. The van der Waals surface area contributed by atoms with Crippen molar-refractivity contribution in [3.05, 3.63) is 18.0 Å². The Balaban J connectivity index is 1.83. The highest BCUT2D eigenvalue weighted by Crippen LogP contribution is 2.18. The molecule has 7 nitrogen and oxygen atoms in total. The molecule has 0 aliphatic carbocycles. The predicted molar refractivity (Wildman–Crippen MR) is 84.3 cm³/mol. The highest BCUT2D eigenvalue weighted by atomic mass is 16.5. The fourth-order valence-corrected chi connectivity index (χ4v) is 2.66. The Morgan fingerprint density at radius 1 is 1.50 bits per heavy atom. The first-order chi connectivity index (χ1) is 10.7. The van der Waals surface area contributed by atoms with E-state index in [4.69, 9.17) is 4.74 Å². The first kappa shape index (κ1) is 16.3. The van der Waals surface area contributed by atoms with Crippen LogP contribution in [0.1, 0.15) is 25.5 Å². The van der Waals surface area contributed by atoms with E-state index in [1.807, 2.05) is 24.7 Å². The normalized spacial score (nSPS) is 16.7. The minimum Gasteiger partial charge on any atom is -0.466 e. The quantitative estimate of drug-likeness (QED) is 0.505. The van der Waals surface area contributed by atoms with Crippen LogP contribution in [0, 0.1) is 5.92 Å². The summed E-state index contributed by atoms with van der Waals surface area (Å²) >= 11 is 0. The van der Waals surface area contributed by atoms with E-state index in [9.17, 15) is 4.79 Å². The Hall–Kier alpha value is -2.05. The number of guanidine groups is 1. The smallest absolute Gasteiger partial charge is 0.309 e. The third kappa shape index (κ3) is 3.99. The van der Waals surface area contributed by atoms with E-state index in [-0.39, 0.29) is 11.9 Å². The van der Waals surface area contributed by atoms with Crippen LogP contribution in [0.15, 0.2) is 17.3 Å². The van der Waals surface area contributed by atoms with Crippen LogP contribution in [0.3, 0.4) is 0 Å². The van der Waals surface area contributed by atoms with E-state index in [2.05, 4.69) is 20.3 Å². The van der Waals surface area contributed by atoms with Crippen LogP contribution in [0.2, 0.25) is 0 Å². The SMILES string of the molecule is CCOC(=O)C1CCN(C(=NC)NCc2ccnn2C)CC1. The molecular weight excluding hydrogens is 282 g/mol. The van der Waals surface area contributed by atoms with Crippen molar-refractivity contribution < 1.29 is 9.53 Å². The number of nitrogens with one attached hydrogen (secondary N) is 1. The summed E-state index contributed by atoms with van der Waals surface area (Å²) in [6, 6.07) is 1.98. The molecular formula is C15H25N5O2. The number of aryl methyl sites for hydroxylation is 1. The molecule has 122 valence electrons. The van der Waals surface area contributed by atoms with Gasteiger partial charge >= 0.3 is 5.97 Å².